The van der Waals surface area contributed by atoms with E-state index >= 15 is 0 Å². The fourth-order valence-electron chi connectivity index (χ4n) is 8.08. The van der Waals surface area contributed by atoms with Gasteiger partial charge in [-0.15, -0.1) is 33.8 Å². The van der Waals surface area contributed by atoms with E-state index in [9.17, 15) is 0 Å². The highest BCUT2D eigenvalue weighted by molar-refractivity contribution is 7.13. The lowest BCUT2D eigenvalue weighted by Gasteiger charge is -2.54. The SMILES string of the molecule is CC(C)(C)[Si](O[Si](c1ccccc1)(c1ccccc1Cc1ccc(C#C[Si](C)(C)C)s1)C(C)(C)C)(c1ccccc1)c1ccccc1Cc1ccc(C#C[Si](C)(C)C)s1. The average molecular weight is 880 g/mol. The molecule has 0 N–H and O–H groups in total. The van der Waals surface area contributed by atoms with Crippen molar-refractivity contribution >= 4 is 76.2 Å². The largest absolute Gasteiger partial charge is 0.441 e. The molecule has 0 bridgehead atoms. The predicted octanol–water partition coefficient (Wildman–Crippen LogP) is 11.9. The van der Waals surface area contributed by atoms with Gasteiger partial charge in [-0.25, -0.2) is 0 Å². The molecule has 0 saturated heterocycles. The molecule has 304 valence electrons. The van der Waals surface area contributed by atoms with Crippen molar-refractivity contribution in [2.24, 2.45) is 0 Å². The molecule has 2 heterocycles. The van der Waals surface area contributed by atoms with E-state index in [1.807, 2.05) is 22.7 Å². The maximum atomic E-state index is 8.87. The molecule has 0 saturated carbocycles. The monoisotopic (exact) mass is 878 g/mol. The van der Waals surface area contributed by atoms with Gasteiger partial charge >= 0.3 is 0 Å². The summed E-state index contributed by atoms with van der Waals surface area (Å²) in [6, 6.07) is 50.1. The van der Waals surface area contributed by atoms with Crippen molar-refractivity contribution in [1.82, 2.24) is 0 Å². The second-order valence-electron chi connectivity index (χ2n) is 19.9. The van der Waals surface area contributed by atoms with Crippen molar-refractivity contribution in [3.05, 3.63) is 164 Å². The summed E-state index contributed by atoms with van der Waals surface area (Å²) < 4.78 is 8.87. The summed E-state index contributed by atoms with van der Waals surface area (Å²) >= 11 is 3.67. The molecule has 0 aliphatic rings. The first kappa shape index (κ1) is 44.8. The highest BCUT2D eigenvalue weighted by atomic mass is 32.1. The van der Waals surface area contributed by atoms with Crippen molar-refractivity contribution < 1.29 is 4.12 Å². The Morgan fingerprint density at radius 1 is 0.441 bits per heavy atom. The van der Waals surface area contributed by atoms with Crippen molar-refractivity contribution in [2.45, 2.75) is 104 Å². The van der Waals surface area contributed by atoms with Gasteiger partial charge in [0.2, 0.25) is 0 Å². The van der Waals surface area contributed by atoms with E-state index in [0.29, 0.717) is 0 Å². The smallest absolute Gasteiger partial charge is 0.251 e. The molecule has 0 spiro atoms. The normalized spacial score (nSPS) is 14.3. The molecule has 59 heavy (non-hydrogen) atoms. The number of hydrogen-bond acceptors (Lipinski definition) is 3. The van der Waals surface area contributed by atoms with Gasteiger partial charge in [0.25, 0.3) is 16.6 Å². The van der Waals surface area contributed by atoms with E-state index < -0.39 is 32.8 Å². The van der Waals surface area contributed by atoms with Gasteiger partial charge in [0, 0.05) is 22.6 Å². The van der Waals surface area contributed by atoms with Crippen LogP contribution in [0.4, 0.5) is 0 Å². The van der Waals surface area contributed by atoms with Gasteiger partial charge in [0.05, 0.1) is 9.75 Å². The first-order chi connectivity index (χ1) is 27.7. The highest BCUT2D eigenvalue weighted by Crippen LogP contribution is 2.46. The van der Waals surface area contributed by atoms with E-state index in [-0.39, 0.29) is 10.1 Å². The fraction of sp³-hybridized carbons (Fsp3) is 0.308. The highest BCUT2D eigenvalue weighted by Gasteiger charge is 2.61. The van der Waals surface area contributed by atoms with Crippen LogP contribution in [0.25, 0.3) is 0 Å². The molecule has 0 fully saturated rings. The summed E-state index contributed by atoms with van der Waals surface area (Å²) in [5.74, 6) is 7.04. The van der Waals surface area contributed by atoms with Crippen molar-refractivity contribution in [3.8, 4) is 22.9 Å². The molecule has 6 rings (SSSR count). The Bertz CT molecular complexity index is 2310. The van der Waals surface area contributed by atoms with Crippen LogP contribution in [0.3, 0.4) is 0 Å². The summed E-state index contributed by atoms with van der Waals surface area (Å²) in [5, 5.41) is 4.87. The number of benzene rings is 4. The lowest BCUT2D eigenvalue weighted by Crippen LogP contribution is -2.78. The lowest BCUT2D eigenvalue weighted by atomic mass is 10.1. The summed E-state index contributed by atoms with van der Waals surface area (Å²) in [7, 11) is -9.38. The molecular weight excluding hydrogens is 817 g/mol. The zero-order chi connectivity index (χ0) is 42.7. The minimum Gasteiger partial charge on any atom is -0.441 e. The van der Waals surface area contributed by atoms with Crippen LogP contribution < -0.4 is 20.7 Å². The lowest BCUT2D eigenvalue weighted by molar-refractivity contribution is 0.474. The second-order valence-corrected chi connectivity index (χ2v) is 40.5. The molecule has 1 nitrogen and oxygen atoms in total. The first-order valence-corrected chi connectivity index (χ1v) is 33.4. The molecule has 0 amide bonds. The van der Waals surface area contributed by atoms with Gasteiger partial charge < -0.3 is 4.12 Å². The maximum absolute atomic E-state index is 8.87. The predicted molar refractivity (Wildman–Crippen MR) is 271 cm³/mol. The van der Waals surface area contributed by atoms with Gasteiger partial charge in [-0.2, -0.15) is 0 Å². The van der Waals surface area contributed by atoms with Crippen LogP contribution in [0.2, 0.25) is 49.4 Å². The van der Waals surface area contributed by atoms with Crippen molar-refractivity contribution in [3.63, 3.8) is 0 Å². The average Bonchev–Trinajstić information content (AvgIpc) is 3.83. The standard InChI is InChI=1S/C52H62OS2Si4/c1-51(2,3)58(47-25-15-13-16-26-47,49-29-21-19-23-41(49)39-45-33-31-43(54-45)35-37-56(7,8)9)53-59(52(4,5)6,48-27-17-14-18-28-48)50-30-22-20-24-42(50)40-46-34-32-44(55-46)36-38-57(10,11)12/h13-34H,39-40H2,1-12H3. The Morgan fingerprint density at radius 2 is 0.780 bits per heavy atom. The zero-order valence-electron chi connectivity index (χ0n) is 37.3. The quantitative estimate of drug-likeness (QED) is 0.0984. The summed E-state index contributed by atoms with van der Waals surface area (Å²) in [5.41, 5.74) is 9.85. The van der Waals surface area contributed by atoms with Crippen LogP contribution in [-0.4, -0.2) is 32.8 Å². The van der Waals surface area contributed by atoms with Gasteiger partial charge in [-0.05, 0) is 66.2 Å². The van der Waals surface area contributed by atoms with E-state index in [1.165, 1.54) is 41.6 Å². The molecule has 7 heteroatoms. The van der Waals surface area contributed by atoms with Crippen LogP contribution in [0.5, 0.6) is 0 Å². The Labute approximate surface area is 368 Å². The molecule has 0 aliphatic heterocycles. The van der Waals surface area contributed by atoms with Gasteiger partial charge in [-0.3, -0.25) is 0 Å². The number of rotatable bonds is 10. The third-order valence-corrected chi connectivity index (χ3v) is 26.0. The van der Waals surface area contributed by atoms with Crippen LogP contribution in [0, 0.1) is 22.9 Å². The Balaban J connectivity index is 1.61. The molecule has 2 atom stereocenters. The van der Waals surface area contributed by atoms with Crippen LogP contribution in [-0.2, 0) is 17.0 Å². The molecule has 2 unspecified atom stereocenters. The molecular formula is C52H62OS2Si4. The third-order valence-electron chi connectivity index (χ3n) is 10.7. The van der Waals surface area contributed by atoms with E-state index in [2.05, 4.69) is 237 Å². The van der Waals surface area contributed by atoms with Crippen molar-refractivity contribution in [2.75, 3.05) is 0 Å². The number of hydrogen-bond donors (Lipinski definition) is 0. The molecule has 4 aromatic carbocycles. The van der Waals surface area contributed by atoms with E-state index in [0.717, 1.165) is 22.6 Å². The van der Waals surface area contributed by atoms with Gasteiger partial charge in [0.15, 0.2) is 0 Å². The minimum absolute atomic E-state index is 0.237. The molecule has 0 radical (unpaired) electrons. The Kier molecular flexibility index (Phi) is 13.4. The van der Waals surface area contributed by atoms with Gasteiger partial charge in [-0.1, -0.05) is 202 Å². The topological polar surface area (TPSA) is 9.23 Å². The van der Waals surface area contributed by atoms with Crippen molar-refractivity contribution in [1.29, 1.82) is 0 Å². The minimum atomic E-state index is -3.20. The summed E-state index contributed by atoms with van der Waals surface area (Å²) in [4.78, 5) is 4.97. The van der Waals surface area contributed by atoms with Crippen LogP contribution in [0.15, 0.2) is 133 Å². The first-order valence-electron chi connectivity index (χ1n) is 20.9. The second kappa shape index (κ2) is 17.7. The maximum Gasteiger partial charge on any atom is 0.251 e. The zero-order valence-corrected chi connectivity index (χ0v) is 43.0. The van der Waals surface area contributed by atoms with Gasteiger partial charge in [0.1, 0.15) is 16.1 Å². The Hall–Kier alpha value is -3.77. The summed E-state index contributed by atoms with van der Waals surface area (Å²) in [6.07, 6.45) is 1.67. The molecule has 2 aromatic heterocycles. The van der Waals surface area contributed by atoms with Crippen LogP contribution >= 0.6 is 22.7 Å². The Morgan fingerprint density at radius 3 is 1.12 bits per heavy atom. The van der Waals surface area contributed by atoms with Crippen LogP contribution in [0.1, 0.15) is 72.2 Å². The number of thiophene rings is 2. The molecule has 0 aliphatic carbocycles. The van der Waals surface area contributed by atoms with E-state index in [1.54, 1.807) is 0 Å². The fourth-order valence-corrected chi connectivity index (χ4v) is 24.4. The third kappa shape index (κ3) is 10.2. The summed E-state index contributed by atoms with van der Waals surface area (Å²) in [6.45, 7) is 28.5. The van der Waals surface area contributed by atoms with E-state index in [4.69, 9.17) is 4.12 Å². The molecule has 6 aromatic rings.